The van der Waals surface area contributed by atoms with Gasteiger partial charge in [0, 0.05) is 6.54 Å². The number of likely N-dealkylation sites (tertiary alicyclic amines) is 1. The maximum Gasteiger partial charge on any atom is 0.329 e. The monoisotopic (exact) mass is 621 g/mol. The average Bonchev–Trinajstić information content (AvgIpc) is 3.59. The molecule has 0 aromatic heterocycles. The fourth-order valence-electron chi connectivity index (χ4n) is 5.61. The molecule has 12 nitrogen and oxygen atoms in total. The number of rotatable bonds is 13. The first-order valence-corrected chi connectivity index (χ1v) is 15.9. The van der Waals surface area contributed by atoms with Crippen LogP contribution < -0.4 is 21.7 Å². The van der Waals surface area contributed by atoms with Gasteiger partial charge < -0.3 is 31.3 Å². The van der Waals surface area contributed by atoms with E-state index in [1.54, 1.807) is 41.5 Å². The highest BCUT2D eigenvalue weighted by molar-refractivity contribution is 6.37. The number of ether oxygens (including phenoxy) is 1. The Bertz CT molecular complexity index is 1090. The Morgan fingerprint density at radius 3 is 1.95 bits per heavy atom. The minimum Gasteiger partial charge on any atom is -0.458 e. The summed E-state index contributed by atoms with van der Waals surface area (Å²) in [6.07, 6.45) is 3.30. The van der Waals surface area contributed by atoms with Crippen LogP contribution in [0.15, 0.2) is 0 Å². The standard InChI is InChI=1S/C32H55N5O7/c1-11-18(4)22(29(42)44-32(8,9)10)35-30(43)36-25(31(5,6)7)28(41)37-15-14-20(17(2)3)23(37)27(40)34-21(16-19-12-13-19)24(38)26(33)39/h17-23,25H,11-16H2,1-10H3,(H2,33,39)(H,34,40)(H2,35,36,43)/t18-,20+,21?,22-,23-,25+/m0/s1. The summed E-state index contributed by atoms with van der Waals surface area (Å²) in [6.45, 7) is 18.6. The summed E-state index contributed by atoms with van der Waals surface area (Å²) in [4.78, 5) is 80.0. The van der Waals surface area contributed by atoms with Crippen molar-refractivity contribution in [2.24, 2.45) is 34.8 Å². The Hall–Kier alpha value is -3.18. The fourth-order valence-corrected chi connectivity index (χ4v) is 5.61. The summed E-state index contributed by atoms with van der Waals surface area (Å²) in [5, 5.41) is 8.23. The first kappa shape index (κ1) is 37.0. The van der Waals surface area contributed by atoms with Crippen molar-refractivity contribution in [3.05, 3.63) is 0 Å². The first-order valence-electron chi connectivity index (χ1n) is 15.9. The van der Waals surface area contributed by atoms with Crippen LogP contribution in [-0.2, 0) is 28.7 Å². The molecule has 0 bridgehead atoms. The SMILES string of the molecule is CC[C@H](C)[C@H](NC(=O)N[C@H](C(=O)N1CC[C@H](C(C)C)[C@H]1C(=O)NC(CC1CC1)C(=O)C(N)=O)C(C)(C)C)C(=O)OC(C)(C)C. The molecular weight excluding hydrogens is 566 g/mol. The number of carbonyl (C=O) groups excluding carboxylic acids is 6. The molecule has 0 aromatic carbocycles. The minimum atomic E-state index is -1.11. The van der Waals surface area contributed by atoms with Gasteiger partial charge in [0.05, 0.1) is 6.04 Å². The van der Waals surface area contributed by atoms with Gasteiger partial charge in [0.15, 0.2) is 0 Å². The minimum absolute atomic E-state index is 0.0340. The van der Waals surface area contributed by atoms with Gasteiger partial charge in [-0.15, -0.1) is 0 Å². The first-order chi connectivity index (χ1) is 20.2. The van der Waals surface area contributed by atoms with Gasteiger partial charge in [0.1, 0.15) is 23.7 Å². The third-order valence-electron chi connectivity index (χ3n) is 8.54. The number of carbonyl (C=O) groups is 6. The van der Waals surface area contributed by atoms with Crippen LogP contribution in [0.2, 0.25) is 0 Å². The van der Waals surface area contributed by atoms with Crippen LogP contribution in [-0.4, -0.2) is 76.7 Å². The Morgan fingerprint density at radius 2 is 1.50 bits per heavy atom. The summed E-state index contributed by atoms with van der Waals surface area (Å²) in [5.74, 6) is -3.67. The van der Waals surface area contributed by atoms with E-state index < -0.39 is 70.7 Å². The molecule has 250 valence electrons. The predicted octanol–water partition coefficient (Wildman–Crippen LogP) is 2.67. The highest BCUT2D eigenvalue weighted by atomic mass is 16.6. The van der Waals surface area contributed by atoms with Crippen LogP contribution >= 0.6 is 0 Å². The Balaban J connectivity index is 2.32. The molecule has 1 aliphatic heterocycles. The molecule has 2 aliphatic rings. The molecule has 12 heteroatoms. The van der Waals surface area contributed by atoms with Crippen molar-refractivity contribution >= 4 is 35.5 Å². The number of Topliss-reactive ketones (excluding diaryl/α,β-unsaturated/α-hetero) is 1. The van der Waals surface area contributed by atoms with Crippen molar-refractivity contribution in [3.8, 4) is 0 Å². The van der Waals surface area contributed by atoms with Gasteiger partial charge in [-0.2, -0.15) is 0 Å². The number of hydrogen-bond donors (Lipinski definition) is 4. The quantitative estimate of drug-likeness (QED) is 0.180. The lowest BCUT2D eigenvalue weighted by molar-refractivity contribution is -0.158. The summed E-state index contributed by atoms with van der Waals surface area (Å²) in [5.41, 5.74) is 3.77. The Kier molecular flexibility index (Phi) is 12.4. The summed E-state index contributed by atoms with van der Waals surface area (Å²) < 4.78 is 5.54. The normalized spacial score (nSPS) is 21.6. The van der Waals surface area contributed by atoms with Gasteiger partial charge in [0.2, 0.25) is 17.6 Å². The zero-order chi connectivity index (χ0) is 33.7. The number of nitrogens with two attached hydrogens (primary N) is 1. The summed E-state index contributed by atoms with van der Waals surface area (Å²) in [6, 6.07) is -4.64. The number of urea groups is 1. The second kappa shape index (κ2) is 14.7. The van der Waals surface area contributed by atoms with Crippen molar-refractivity contribution < 1.29 is 33.5 Å². The van der Waals surface area contributed by atoms with Gasteiger partial charge in [-0.05, 0) is 62.7 Å². The van der Waals surface area contributed by atoms with Crippen LogP contribution in [0.4, 0.5) is 4.79 Å². The molecular formula is C32H55N5O7. The van der Waals surface area contributed by atoms with Crippen LogP contribution in [0.3, 0.4) is 0 Å². The molecule has 1 saturated carbocycles. The number of nitrogens with zero attached hydrogens (tertiary/aromatic N) is 1. The van der Waals surface area contributed by atoms with Crippen molar-refractivity contribution in [2.75, 3.05) is 6.54 Å². The van der Waals surface area contributed by atoms with Gasteiger partial charge in [-0.1, -0.05) is 67.7 Å². The lowest BCUT2D eigenvalue weighted by Gasteiger charge is -2.37. The molecule has 1 unspecified atom stereocenters. The fraction of sp³-hybridized carbons (Fsp3) is 0.812. The third-order valence-corrected chi connectivity index (χ3v) is 8.54. The van der Waals surface area contributed by atoms with Crippen molar-refractivity contribution in [1.82, 2.24) is 20.9 Å². The zero-order valence-electron chi connectivity index (χ0n) is 28.2. The Morgan fingerprint density at radius 1 is 0.909 bits per heavy atom. The van der Waals surface area contributed by atoms with Crippen LogP contribution in [0, 0.1) is 29.1 Å². The smallest absolute Gasteiger partial charge is 0.329 e. The maximum atomic E-state index is 14.2. The highest BCUT2D eigenvalue weighted by Crippen LogP contribution is 2.35. The number of ketones is 1. The Labute approximate surface area is 262 Å². The van der Waals surface area contributed by atoms with E-state index in [4.69, 9.17) is 10.5 Å². The van der Waals surface area contributed by atoms with Gasteiger partial charge in [-0.3, -0.25) is 19.2 Å². The topological polar surface area (TPSA) is 177 Å². The van der Waals surface area contributed by atoms with Crippen LogP contribution in [0.25, 0.3) is 0 Å². The van der Waals surface area contributed by atoms with Crippen molar-refractivity contribution in [1.29, 1.82) is 0 Å². The van der Waals surface area contributed by atoms with E-state index in [1.807, 2.05) is 27.7 Å². The molecule has 0 spiro atoms. The average molecular weight is 622 g/mol. The van der Waals surface area contributed by atoms with E-state index in [0.29, 0.717) is 19.3 Å². The number of nitrogens with one attached hydrogen (secondary N) is 3. The molecule has 2 fully saturated rings. The molecule has 5 amide bonds. The van der Waals surface area contributed by atoms with Gasteiger partial charge in [-0.25, -0.2) is 9.59 Å². The van der Waals surface area contributed by atoms with E-state index in [0.717, 1.165) is 12.8 Å². The van der Waals surface area contributed by atoms with E-state index in [2.05, 4.69) is 16.0 Å². The second-order valence-corrected chi connectivity index (χ2v) is 15.0. The number of amides is 5. The molecule has 6 atom stereocenters. The summed E-state index contributed by atoms with van der Waals surface area (Å²) in [7, 11) is 0. The lowest BCUT2D eigenvalue weighted by Crippen LogP contribution is -2.62. The number of esters is 1. The molecule has 0 aromatic rings. The lowest BCUT2D eigenvalue weighted by atomic mass is 9.84. The van der Waals surface area contributed by atoms with Crippen LogP contribution in [0.5, 0.6) is 0 Å². The molecule has 2 rings (SSSR count). The van der Waals surface area contributed by atoms with Crippen LogP contribution in [0.1, 0.15) is 101 Å². The molecule has 5 N–H and O–H groups in total. The van der Waals surface area contributed by atoms with E-state index in [9.17, 15) is 28.8 Å². The number of hydrogen-bond acceptors (Lipinski definition) is 7. The van der Waals surface area contributed by atoms with Gasteiger partial charge >= 0.3 is 12.0 Å². The molecule has 1 saturated heterocycles. The van der Waals surface area contributed by atoms with Gasteiger partial charge in [0.25, 0.3) is 5.91 Å². The largest absolute Gasteiger partial charge is 0.458 e. The van der Waals surface area contributed by atoms with E-state index >= 15 is 0 Å². The number of primary amides is 1. The summed E-state index contributed by atoms with van der Waals surface area (Å²) >= 11 is 0. The van der Waals surface area contributed by atoms with E-state index in [-0.39, 0.29) is 30.2 Å². The predicted molar refractivity (Wildman–Crippen MR) is 166 cm³/mol. The van der Waals surface area contributed by atoms with Crippen molar-refractivity contribution in [3.63, 3.8) is 0 Å². The van der Waals surface area contributed by atoms with Crippen molar-refractivity contribution in [2.45, 2.75) is 131 Å². The highest BCUT2D eigenvalue weighted by Gasteiger charge is 2.48. The van der Waals surface area contributed by atoms with E-state index in [1.165, 1.54) is 4.90 Å². The molecule has 0 radical (unpaired) electrons. The zero-order valence-corrected chi connectivity index (χ0v) is 28.2. The maximum absolute atomic E-state index is 14.2. The molecule has 44 heavy (non-hydrogen) atoms. The second-order valence-electron chi connectivity index (χ2n) is 15.0. The molecule has 1 aliphatic carbocycles. The molecule has 1 heterocycles. The third kappa shape index (κ3) is 10.2.